The second-order valence-corrected chi connectivity index (χ2v) is 7.47. The summed E-state index contributed by atoms with van der Waals surface area (Å²) in [5.41, 5.74) is 0.726. The quantitative estimate of drug-likeness (QED) is 0.544. The Balaban J connectivity index is 2.07. The fourth-order valence-corrected chi connectivity index (χ4v) is 3.50. The number of thioether (sulfide) groups is 1. The maximum Gasteiger partial charge on any atom is 0.277 e. The first-order valence-corrected chi connectivity index (χ1v) is 10.4. The van der Waals surface area contributed by atoms with Gasteiger partial charge < -0.3 is 18.8 Å². The Morgan fingerprint density at radius 1 is 1.11 bits per heavy atom. The van der Waals surface area contributed by atoms with Crippen molar-refractivity contribution in [2.75, 3.05) is 20.0 Å². The molecule has 8 heteroatoms. The molecule has 1 amide bonds. The van der Waals surface area contributed by atoms with Crippen LogP contribution in [0.25, 0.3) is 11.5 Å². The highest BCUT2D eigenvalue weighted by molar-refractivity contribution is 7.99. The van der Waals surface area contributed by atoms with Crippen LogP contribution in [0.2, 0.25) is 0 Å². The van der Waals surface area contributed by atoms with Gasteiger partial charge in [-0.15, -0.1) is 10.2 Å². The van der Waals surface area contributed by atoms with E-state index in [1.807, 2.05) is 11.0 Å². The van der Waals surface area contributed by atoms with Gasteiger partial charge in [-0.3, -0.25) is 4.79 Å². The first-order valence-electron chi connectivity index (χ1n) is 9.44. The average molecular weight is 408 g/mol. The van der Waals surface area contributed by atoms with Gasteiger partial charge >= 0.3 is 0 Å². The molecule has 2 aromatic rings. The number of amides is 1. The molecule has 0 saturated carbocycles. The van der Waals surface area contributed by atoms with Gasteiger partial charge in [0.25, 0.3) is 5.22 Å². The fraction of sp³-hybridized carbons (Fsp3) is 0.550. The van der Waals surface area contributed by atoms with E-state index in [9.17, 15) is 4.79 Å². The maximum absolute atomic E-state index is 12.7. The smallest absolute Gasteiger partial charge is 0.277 e. The van der Waals surface area contributed by atoms with Crippen molar-refractivity contribution >= 4 is 17.7 Å². The molecule has 0 spiro atoms. The molecular formula is C20H29N3O4S. The second-order valence-electron chi connectivity index (χ2n) is 6.55. The molecule has 1 aromatic carbocycles. The summed E-state index contributed by atoms with van der Waals surface area (Å²) in [5.74, 6) is 1.93. The predicted octanol–water partition coefficient (Wildman–Crippen LogP) is 4.27. The summed E-state index contributed by atoms with van der Waals surface area (Å²) >= 11 is 1.26. The van der Waals surface area contributed by atoms with E-state index >= 15 is 0 Å². The second kappa shape index (κ2) is 10.4. The lowest BCUT2D eigenvalue weighted by Gasteiger charge is -2.33. The minimum atomic E-state index is 0.0829. The molecule has 0 fully saturated rings. The third kappa shape index (κ3) is 5.19. The molecule has 0 bridgehead atoms. The Kier molecular flexibility index (Phi) is 8.17. The van der Waals surface area contributed by atoms with E-state index in [0.29, 0.717) is 22.6 Å². The number of ether oxygens (including phenoxy) is 2. The van der Waals surface area contributed by atoms with Crippen LogP contribution in [0.4, 0.5) is 0 Å². The topological polar surface area (TPSA) is 77.7 Å². The lowest BCUT2D eigenvalue weighted by Crippen LogP contribution is -2.45. The van der Waals surface area contributed by atoms with Crippen LogP contribution in [-0.2, 0) is 4.79 Å². The van der Waals surface area contributed by atoms with E-state index in [-0.39, 0.29) is 23.7 Å². The van der Waals surface area contributed by atoms with Gasteiger partial charge in [-0.2, -0.15) is 0 Å². The van der Waals surface area contributed by atoms with Crippen LogP contribution in [0, 0.1) is 0 Å². The Hall–Kier alpha value is -2.22. The van der Waals surface area contributed by atoms with Crippen molar-refractivity contribution in [2.45, 2.75) is 57.8 Å². The molecule has 7 nitrogen and oxygen atoms in total. The van der Waals surface area contributed by atoms with Crippen molar-refractivity contribution in [2.24, 2.45) is 0 Å². The number of carbonyl (C=O) groups excluding carboxylic acids is 1. The molecule has 0 N–H and O–H groups in total. The summed E-state index contributed by atoms with van der Waals surface area (Å²) in [6.07, 6.45) is 1.84. The van der Waals surface area contributed by atoms with Crippen LogP contribution in [-0.4, -0.2) is 53.1 Å². The highest BCUT2D eigenvalue weighted by Gasteiger charge is 2.24. The van der Waals surface area contributed by atoms with Gasteiger partial charge in [0.15, 0.2) is 11.5 Å². The van der Waals surface area contributed by atoms with Gasteiger partial charge in [-0.25, -0.2) is 0 Å². The molecule has 0 radical (unpaired) electrons. The largest absolute Gasteiger partial charge is 0.493 e. The number of carbonyl (C=O) groups is 1. The van der Waals surface area contributed by atoms with Crippen molar-refractivity contribution in [1.82, 2.24) is 15.1 Å². The lowest BCUT2D eigenvalue weighted by atomic mass is 10.1. The normalized spacial score (nSPS) is 13.1. The third-order valence-corrected chi connectivity index (χ3v) is 5.58. The van der Waals surface area contributed by atoms with Gasteiger partial charge in [-0.1, -0.05) is 25.6 Å². The number of rotatable bonds is 10. The van der Waals surface area contributed by atoms with Crippen molar-refractivity contribution in [3.8, 4) is 23.0 Å². The first kappa shape index (κ1) is 22.1. The number of nitrogens with zero attached hydrogens (tertiary/aromatic N) is 3. The first-order chi connectivity index (χ1) is 13.4. The Labute approximate surface area is 170 Å². The van der Waals surface area contributed by atoms with Gasteiger partial charge in [0.05, 0.1) is 20.0 Å². The van der Waals surface area contributed by atoms with Gasteiger partial charge in [0.1, 0.15) is 0 Å². The van der Waals surface area contributed by atoms with Crippen molar-refractivity contribution in [3.05, 3.63) is 18.2 Å². The Morgan fingerprint density at radius 2 is 1.75 bits per heavy atom. The van der Waals surface area contributed by atoms with E-state index in [0.717, 1.165) is 18.4 Å². The summed E-state index contributed by atoms with van der Waals surface area (Å²) in [6.45, 7) is 8.34. The molecular weight excluding hydrogens is 378 g/mol. The minimum Gasteiger partial charge on any atom is -0.493 e. The van der Waals surface area contributed by atoms with E-state index in [1.165, 1.54) is 11.8 Å². The third-order valence-electron chi connectivity index (χ3n) is 4.78. The van der Waals surface area contributed by atoms with Crippen molar-refractivity contribution < 1.29 is 18.7 Å². The summed E-state index contributed by atoms with van der Waals surface area (Å²) in [4.78, 5) is 14.7. The van der Waals surface area contributed by atoms with Crippen LogP contribution in [0.3, 0.4) is 0 Å². The number of aromatic nitrogens is 2. The molecule has 0 aliphatic rings. The summed E-state index contributed by atoms with van der Waals surface area (Å²) < 4.78 is 16.3. The molecule has 28 heavy (non-hydrogen) atoms. The van der Waals surface area contributed by atoms with Crippen molar-refractivity contribution in [3.63, 3.8) is 0 Å². The molecule has 2 rings (SSSR count). The summed E-state index contributed by atoms with van der Waals surface area (Å²) in [5, 5.41) is 8.51. The van der Waals surface area contributed by atoms with Crippen LogP contribution in [0.1, 0.15) is 40.5 Å². The van der Waals surface area contributed by atoms with E-state index in [4.69, 9.17) is 13.9 Å². The van der Waals surface area contributed by atoms with E-state index in [1.54, 1.807) is 26.4 Å². The van der Waals surface area contributed by atoms with Gasteiger partial charge in [0.2, 0.25) is 11.8 Å². The minimum absolute atomic E-state index is 0.0829. The van der Waals surface area contributed by atoms with Crippen LogP contribution in [0.5, 0.6) is 11.5 Å². The Morgan fingerprint density at radius 3 is 2.32 bits per heavy atom. The van der Waals surface area contributed by atoms with Crippen molar-refractivity contribution in [1.29, 1.82) is 0 Å². The highest BCUT2D eigenvalue weighted by Crippen LogP contribution is 2.32. The summed E-state index contributed by atoms with van der Waals surface area (Å²) in [7, 11) is 3.15. The lowest BCUT2D eigenvalue weighted by molar-refractivity contribution is -0.132. The van der Waals surface area contributed by atoms with Crippen LogP contribution >= 0.6 is 11.8 Å². The van der Waals surface area contributed by atoms with Crippen LogP contribution < -0.4 is 9.47 Å². The zero-order valence-corrected chi connectivity index (χ0v) is 18.2. The predicted molar refractivity (Wildman–Crippen MR) is 110 cm³/mol. The average Bonchev–Trinajstić information content (AvgIpc) is 3.20. The standard InChI is InChI=1S/C20H29N3O4S/c1-7-13(3)23(14(4)8-2)18(24)12-28-20-22-21-19(27-20)15-9-10-16(25-5)17(11-15)26-6/h9-11,13-14H,7-8,12H2,1-6H3/t13-,14+. The zero-order chi connectivity index (χ0) is 20.7. The number of hydrogen-bond acceptors (Lipinski definition) is 7. The number of benzene rings is 1. The molecule has 0 aliphatic heterocycles. The molecule has 1 aromatic heterocycles. The number of hydrogen-bond donors (Lipinski definition) is 0. The summed E-state index contributed by atoms with van der Waals surface area (Å²) in [6, 6.07) is 5.79. The SMILES string of the molecule is CC[C@@H](C)N(C(=O)CSc1nnc(-c2ccc(OC)c(OC)c2)o1)[C@@H](C)CC. The van der Waals surface area contributed by atoms with Gasteiger partial charge in [-0.05, 0) is 44.9 Å². The van der Waals surface area contributed by atoms with Crippen LogP contribution in [0.15, 0.2) is 27.8 Å². The molecule has 0 saturated heterocycles. The molecule has 2 atom stereocenters. The molecule has 0 aliphatic carbocycles. The molecule has 0 unspecified atom stereocenters. The maximum atomic E-state index is 12.7. The van der Waals surface area contributed by atoms with E-state index < -0.39 is 0 Å². The number of methoxy groups -OCH3 is 2. The molecule has 1 heterocycles. The highest BCUT2D eigenvalue weighted by atomic mass is 32.2. The fourth-order valence-electron chi connectivity index (χ4n) is 2.87. The zero-order valence-electron chi connectivity index (χ0n) is 17.4. The molecule has 154 valence electrons. The van der Waals surface area contributed by atoms with Gasteiger partial charge in [0, 0.05) is 17.6 Å². The monoisotopic (exact) mass is 407 g/mol. The Bertz CT molecular complexity index is 771. The van der Waals surface area contributed by atoms with E-state index in [2.05, 4.69) is 37.9 Å².